The van der Waals surface area contributed by atoms with E-state index >= 15 is 0 Å². The number of hydrogen-bond donors (Lipinski definition) is 2. The van der Waals surface area contributed by atoms with Gasteiger partial charge in [-0.3, -0.25) is 29.6 Å². The van der Waals surface area contributed by atoms with E-state index in [0.717, 1.165) is 0 Å². The van der Waals surface area contributed by atoms with E-state index < -0.39 is 45.4 Å². The van der Waals surface area contributed by atoms with Gasteiger partial charge >= 0.3 is 29.6 Å². The van der Waals surface area contributed by atoms with E-state index in [-0.39, 0.29) is 52.5 Å². The van der Waals surface area contributed by atoms with E-state index in [1.807, 2.05) is 0 Å². The van der Waals surface area contributed by atoms with Crippen LogP contribution in [0.3, 0.4) is 0 Å². The number of hydrogen-bond acceptors (Lipinski definition) is 9. The molecular weight excluding hydrogens is 323 g/mol. The summed E-state index contributed by atoms with van der Waals surface area (Å²) in [6.45, 7) is 0. The van der Waals surface area contributed by atoms with Crippen LogP contribution in [0.1, 0.15) is 19.3 Å². The van der Waals surface area contributed by atoms with Gasteiger partial charge in [0.15, 0.2) is 0 Å². The van der Waals surface area contributed by atoms with Crippen molar-refractivity contribution in [3.05, 3.63) is 0 Å². The molecule has 11 nitrogen and oxygen atoms in total. The zero-order valence-corrected chi connectivity index (χ0v) is 13.6. The minimum absolute atomic E-state index is 0. The summed E-state index contributed by atoms with van der Waals surface area (Å²) in [5.74, 6) is -3.47. The SMILES string of the molecule is O=C1CC(S(=O)(=O)[O-])C(=O)N1O.O=C1CCC(=O)N1O.[Na+]. The normalized spacial score (nSPS) is 22.1. The summed E-state index contributed by atoms with van der Waals surface area (Å²) >= 11 is 0. The van der Waals surface area contributed by atoms with Crippen molar-refractivity contribution < 1.29 is 72.1 Å². The van der Waals surface area contributed by atoms with E-state index in [2.05, 4.69) is 0 Å². The summed E-state index contributed by atoms with van der Waals surface area (Å²) in [5, 5.41) is 14.8. The second kappa shape index (κ2) is 7.40. The third-order valence-electron chi connectivity index (χ3n) is 2.45. The minimum atomic E-state index is -4.84. The van der Waals surface area contributed by atoms with Crippen LogP contribution >= 0.6 is 0 Å². The Labute approximate surface area is 140 Å². The Kier molecular flexibility index (Phi) is 7.08. The molecule has 2 aliphatic heterocycles. The van der Waals surface area contributed by atoms with E-state index in [1.165, 1.54) is 0 Å². The first-order valence-electron chi connectivity index (χ1n) is 5.10. The Balaban J connectivity index is 0.000000390. The molecule has 13 heteroatoms. The van der Waals surface area contributed by atoms with Crippen molar-refractivity contribution in [3.63, 3.8) is 0 Å². The van der Waals surface area contributed by atoms with E-state index in [0.29, 0.717) is 0 Å². The van der Waals surface area contributed by atoms with Crippen molar-refractivity contribution in [1.29, 1.82) is 0 Å². The van der Waals surface area contributed by atoms with Crippen LogP contribution < -0.4 is 29.6 Å². The predicted octanol–water partition coefficient (Wildman–Crippen LogP) is -5.42. The fraction of sp³-hybridized carbons (Fsp3) is 0.500. The second-order valence-corrected chi connectivity index (χ2v) is 5.38. The maximum Gasteiger partial charge on any atom is 1.00 e. The van der Waals surface area contributed by atoms with Crippen LogP contribution in [0.4, 0.5) is 0 Å². The molecule has 112 valence electrons. The van der Waals surface area contributed by atoms with E-state index in [9.17, 15) is 32.1 Å². The van der Waals surface area contributed by atoms with Crippen LogP contribution in [0.5, 0.6) is 0 Å². The summed E-state index contributed by atoms with van der Waals surface area (Å²) in [6, 6.07) is 0. The minimum Gasteiger partial charge on any atom is -0.747 e. The zero-order valence-electron chi connectivity index (χ0n) is 10.8. The number of nitrogens with zero attached hydrogens (tertiary/aromatic N) is 2. The molecule has 0 aromatic carbocycles. The Morgan fingerprint density at radius 1 is 0.952 bits per heavy atom. The molecule has 4 amide bonds. The van der Waals surface area contributed by atoms with Crippen molar-refractivity contribution in [1.82, 2.24) is 10.1 Å². The van der Waals surface area contributed by atoms with Crippen LogP contribution in [0.15, 0.2) is 0 Å². The molecule has 0 aromatic rings. The predicted molar refractivity (Wildman–Crippen MR) is 54.6 cm³/mol. The summed E-state index contributed by atoms with van der Waals surface area (Å²) in [6.07, 6.45) is -0.480. The Bertz CT molecular complexity index is 558. The quantitative estimate of drug-likeness (QED) is 0.205. The second-order valence-electron chi connectivity index (χ2n) is 3.83. The van der Waals surface area contributed by atoms with Gasteiger partial charge in [-0.15, -0.1) is 0 Å². The smallest absolute Gasteiger partial charge is 0.747 e. The molecule has 0 bridgehead atoms. The maximum absolute atomic E-state index is 10.6. The zero-order chi connectivity index (χ0) is 15.7. The number of imide groups is 2. The summed E-state index contributed by atoms with van der Waals surface area (Å²) in [4.78, 5) is 41.6. The molecule has 21 heavy (non-hydrogen) atoms. The van der Waals surface area contributed by atoms with Gasteiger partial charge in [0.05, 0.1) is 6.42 Å². The van der Waals surface area contributed by atoms with Gasteiger partial charge < -0.3 is 4.55 Å². The van der Waals surface area contributed by atoms with Gasteiger partial charge in [0.1, 0.15) is 15.4 Å². The largest absolute Gasteiger partial charge is 1.00 e. The summed E-state index contributed by atoms with van der Waals surface area (Å²) < 4.78 is 30.8. The molecule has 2 saturated heterocycles. The van der Waals surface area contributed by atoms with Crippen LogP contribution in [0, 0.1) is 0 Å². The molecule has 2 heterocycles. The molecule has 2 rings (SSSR count). The van der Waals surface area contributed by atoms with Crippen molar-refractivity contribution in [2.24, 2.45) is 0 Å². The maximum atomic E-state index is 10.6. The molecular formula is C8H9N2NaO9S. The third-order valence-corrected chi connectivity index (χ3v) is 3.52. The standard InChI is InChI=1S/C4H5NO6S.C4H5NO3.Na/c6-3-1-2(12(9,10)11)4(7)5(3)8;6-3-1-2-4(7)5(3)8;/h2,8H,1H2,(H,9,10,11);8H,1-2H2;/q;;+1/p-1. The van der Waals surface area contributed by atoms with Crippen LogP contribution in [-0.2, 0) is 29.3 Å². The van der Waals surface area contributed by atoms with Crippen molar-refractivity contribution in [2.75, 3.05) is 0 Å². The molecule has 0 spiro atoms. The molecule has 0 saturated carbocycles. The van der Waals surface area contributed by atoms with E-state index in [4.69, 9.17) is 10.4 Å². The monoisotopic (exact) mass is 332 g/mol. The first-order chi connectivity index (χ1) is 9.05. The van der Waals surface area contributed by atoms with E-state index in [1.54, 1.807) is 0 Å². The number of rotatable bonds is 1. The number of carbonyl (C=O) groups is 4. The molecule has 0 aliphatic carbocycles. The number of hydroxylamine groups is 4. The summed E-state index contributed by atoms with van der Waals surface area (Å²) in [7, 11) is -4.84. The van der Waals surface area contributed by atoms with Gasteiger partial charge in [-0.25, -0.2) is 8.42 Å². The Hall–Kier alpha value is -0.890. The fourth-order valence-electron chi connectivity index (χ4n) is 1.38. The molecule has 0 radical (unpaired) electrons. The van der Waals surface area contributed by atoms with Gasteiger partial charge in [-0.05, 0) is 0 Å². The van der Waals surface area contributed by atoms with Crippen molar-refractivity contribution >= 4 is 33.7 Å². The fourth-order valence-corrected chi connectivity index (χ4v) is 2.08. The van der Waals surface area contributed by atoms with Crippen molar-refractivity contribution in [3.8, 4) is 0 Å². The van der Waals surface area contributed by atoms with Crippen molar-refractivity contribution in [2.45, 2.75) is 24.5 Å². The first kappa shape index (κ1) is 20.1. The Morgan fingerprint density at radius 3 is 1.52 bits per heavy atom. The van der Waals surface area contributed by atoms with Gasteiger partial charge in [0.25, 0.3) is 23.6 Å². The molecule has 0 aromatic heterocycles. The molecule has 1 unspecified atom stereocenters. The Morgan fingerprint density at radius 2 is 1.38 bits per heavy atom. The average Bonchev–Trinajstić information content (AvgIpc) is 2.77. The first-order valence-corrected chi connectivity index (χ1v) is 6.58. The van der Waals surface area contributed by atoms with Crippen LogP contribution in [-0.4, -0.2) is 62.4 Å². The third kappa shape index (κ3) is 4.81. The van der Waals surface area contributed by atoms with Crippen LogP contribution in [0.2, 0.25) is 0 Å². The van der Waals surface area contributed by atoms with Gasteiger partial charge in [-0.1, -0.05) is 0 Å². The van der Waals surface area contributed by atoms with Gasteiger partial charge in [-0.2, -0.15) is 10.1 Å². The average molecular weight is 332 g/mol. The van der Waals surface area contributed by atoms with Crippen LogP contribution in [0.25, 0.3) is 0 Å². The van der Waals surface area contributed by atoms with Gasteiger partial charge in [0, 0.05) is 12.8 Å². The van der Waals surface area contributed by atoms with Gasteiger partial charge in [0.2, 0.25) is 0 Å². The molecule has 2 aliphatic rings. The summed E-state index contributed by atoms with van der Waals surface area (Å²) in [5.41, 5.74) is 0. The number of carbonyl (C=O) groups excluding carboxylic acids is 4. The molecule has 2 N–H and O–H groups in total. The topological polar surface area (TPSA) is 172 Å². The number of amides is 4. The molecule has 1 atom stereocenters. The molecule has 2 fully saturated rings.